The van der Waals surface area contributed by atoms with Crippen LogP contribution in [0, 0.1) is 3.57 Å². The quantitative estimate of drug-likeness (QED) is 0.810. The van der Waals surface area contributed by atoms with E-state index in [1.807, 2.05) is 6.33 Å². The van der Waals surface area contributed by atoms with Crippen LogP contribution >= 0.6 is 22.6 Å². The van der Waals surface area contributed by atoms with E-state index < -0.39 is 0 Å². The van der Waals surface area contributed by atoms with Gasteiger partial charge in [-0.05, 0) is 35.4 Å². The standard InChI is InChI=1S/C14H17IN4O/c1-14(2,3)11-10(15)13(20)18-12(17-11)9-6-16-7-19(9)8-4-5-8/h6-8H,4-5H2,1-3H3,(H,17,18,20). The van der Waals surface area contributed by atoms with Crippen LogP contribution in [-0.2, 0) is 5.41 Å². The molecule has 2 aromatic heterocycles. The molecular formula is C14H17IN4O. The Kier molecular flexibility index (Phi) is 3.23. The summed E-state index contributed by atoms with van der Waals surface area (Å²) in [5.74, 6) is 0.616. The van der Waals surface area contributed by atoms with Gasteiger partial charge in [0.05, 0.1) is 18.2 Å². The van der Waals surface area contributed by atoms with E-state index in [1.54, 1.807) is 6.20 Å². The lowest BCUT2D eigenvalue weighted by atomic mass is 9.92. The Morgan fingerprint density at radius 3 is 2.70 bits per heavy atom. The van der Waals surface area contributed by atoms with Crippen molar-refractivity contribution in [3.63, 3.8) is 0 Å². The second kappa shape index (κ2) is 4.68. The van der Waals surface area contributed by atoms with Crippen molar-refractivity contribution in [1.82, 2.24) is 19.5 Å². The number of nitrogens with zero attached hydrogens (tertiary/aromatic N) is 3. The molecule has 1 N–H and O–H groups in total. The summed E-state index contributed by atoms with van der Waals surface area (Å²) in [7, 11) is 0. The Bertz CT molecular complexity index is 707. The number of H-pyrrole nitrogens is 1. The lowest BCUT2D eigenvalue weighted by Crippen LogP contribution is -2.24. The Labute approximate surface area is 131 Å². The van der Waals surface area contributed by atoms with Crippen LogP contribution < -0.4 is 5.56 Å². The molecule has 0 radical (unpaired) electrons. The second-order valence-corrected chi connectivity index (χ2v) is 7.32. The van der Waals surface area contributed by atoms with Gasteiger partial charge in [-0.15, -0.1) is 0 Å². The van der Waals surface area contributed by atoms with Gasteiger partial charge in [0.2, 0.25) is 0 Å². The molecule has 3 rings (SSSR count). The highest BCUT2D eigenvalue weighted by Crippen LogP contribution is 2.37. The fourth-order valence-electron chi connectivity index (χ4n) is 2.21. The van der Waals surface area contributed by atoms with Crippen molar-refractivity contribution < 1.29 is 0 Å². The maximum absolute atomic E-state index is 12.2. The van der Waals surface area contributed by atoms with Crippen LogP contribution in [-0.4, -0.2) is 19.5 Å². The number of aromatic nitrogens is 4. The van der Waals surface area contributed by atoms with Gasteiger partial charge in [-0.3, -0.25) is 4.79 Å². The topological polar surface area (TPSA) is 63.6 Å². The minimum atomic E-state index is -0.163. The van der Waals surface area contributed by atoms with Crippen LogP contribution in [0.1, 0.15) is 45.3 Å². The van der Waals surface area contributed by atoms with Crippen LogP contribution in [0.5, 0.6) is 0 Å². The molecule has 0 bridgehead atoms. The van der Waals surface area contributed by atoms with E-state index in [9.17, 15) is 4.79 Å². The summed E-state index contributed by atoms with van der Waals surface area (Å²) in [6.45, 7) is 6.21. The Hall–Kier alpha value is -1.18. The predicted molar refractivity (Wildman–Crippen MR) is 85.8 cm³/mol. The third-order valence-electron chi connectivity index (χ3n) is 3.42. The van der Waals surface area contributed by atoms with Gasteiger partial charge in [0.15, 0.2) is 5.82 Å². The average molecular weight is 384 g/mol. The first kappa shape index (κ1) is 13.8. The normalized spacial score (nSPS) is 15.6. The molecule has 2 heterocycles. The fraction of sp³-hybridized carbons (Fsp3) is 0.500. The van der Waals surface area contributed by atoms with E-state index in [-0.39, 0.29) is 11.0 Å². The predicted octanol–water partition coefficient (Wildman–Crippen LogP) is 2.87. The molecule has 0 aliphatic heterocycles. The number of nitrogens with one attached hydrogen (secondary N) is 1. The van der Waals surface area contributed by atoms with Crippen molar-refractivity contribution in [3.8, 4) is 11.5 Å². The Morgan fingerprint density at radius 2 is 2.10 bits per heavy atom. The van der Waals surface area contributed by atoms with Crippen molar-refractivity contribution >= 4 is 22.6 Å². The molecule has 0 unspecified atom stereocenters. The van der Waals surface area contributed by atoms with E-state index in [0.29, 0.717) is 15.4 Å². The monoisotopic (exact) mass is 384 g/mol. The van der Waals surface area contributed by atoms with Crippen LogP contribution in [0.2, 0.25) is 0 Å². The lowest BCUT2D eigenvalue weighted by Gasteiger charge is -2.19. The maximum atomic E-state index is 12.2. The third kappa shape index (κ3) is 2.41. The Morgan fingerprint density at radius 1 is 1.40 bits per heavy atom. The second-order valence-electron chi connectivity index (χ2n) is 6.24. The molecule has 0 atom stereocenters. The van der Waals surface area contributed by atoms with Crippen molar-refractivity contribution in [2.24, 2.45) is 0 Å². The van der Waals surface area contributed by atoms with E-state index in [1.165, 1.54) is 12.8 Å². The van der Waals surface area contributed by atoms with Gasteiger partial charge >= 0.3 is 0 Å². The van der Waals surface area contributed by atoms with Gasteiger partial charge in [0, 0.05) is 11.5 Å². The summed E-state index contributed by atoms with van der Waals surface area (Å²) in [5, 5.41) is 0. The number of halogens is 1. The molecule has 1 saturated carbocycles. The molecule has 0 saturated heterocycles. The van der Waals surface area contributed by atoms with E-state index in [2.05, 4.69) is 57.9 Å². The molecule has 6 heteroatoms. The van der Waals surface area contributed by atoms with Crippen molar-refractivity contribution in [2.75, 3.05) is 0 Å². The van der Waals surface area contributed by atoms with Crippen molar-refractivity contribution in [3.05, 3.63) is 32.1 Å². The smallest absolute Gasteiger partial charge is 0.264 e. The largest absolute Gasteiger partial charge is 0.325 e. The van der Waals surface area contributed by atoms with Gasteiger partial charge in [-0.25, -0.2) is 9.97 Å². The van der Waals surface area contributed by atoms with Gasteiger partial charge < -0.3 is 9.55 Å². The van der Waals surface area contributed by atoms with Gasteiger partial charge in [-0.2, -0.15) is 0 Å². The molecule has 0 spiro atoms. The highest BCUT2D eigenvalue weighted by molar-refractivity contribution is 14.1. The van der Waals surface area contributed by atoms with Crippen LogP contribution in [0.15, 0.2) is 17.3 Å². The molecule has 1 fully saturated rings. The minimum Gasteiger partial charge on any atom is -0.325 e. The molecule has 106 valence electrons. The van der Waals surface area contributed by atoms with Gasteiger partial charge in [0.25, 0.3) is 5.56 Å². The zero-order valence-electron chi connectivity index (χ0n) is 11.8. The summed E-state index contributed by atoms with van der Waals surface area (Å²) in [6.07, 6.45) is 5.94. The lowest BCUT2D eigenvalue weighted by molar-refractivity contribution is 0.561. The van der Waals surface area contributed by atoms with E-state index >= 15 is 0 Å². The highest BCUT2D eigenvalue weighted by Gasteiger charge is 2.28. The molecule has 2 aromatic rings. The summed E-state index contributed by atoms with van der Waals surface area (Å²) in [6, 6.07) is 0.509. The first-order valence-corrected chi connectivity index (χ1v) is 7.78. The van der Waals surface area contributed by atoms with Crippen LogP contribution in [0.3, 0.4) is 0 Å². The minimum absolute atomic E-state index is 0.0796. The first-order chi connectivity index (χ1) is 9.38. The third-order valence-corrected chi connectivity index (χ3v) is 4.42. The summed E-state index contributed by atoms with van der Waals surface area (Å²) < 4.78 is 2.77. The summed E-state index contributed by atoms with van der Waals surface area (Å²) in [4.78, 5) is 23.9. The Balaban J connectivity index is 2.17. The molecule has 20 heavy (non-hydrogen) atoms. The number of aromatic amines is 1. The average Bonchev–Trinajstić information content (AvgIpc) is 3.09. The fourth-order valence-corrected chi connectivity index (χ4v) is 3.27. The molecule has 0 amide bonds. The number of imidazole rings is 1. The van der Waals surface area contributed by atoms with Crippen LogP contribution in [0.25, 0.3) is 11.5 Å². The first-order valence-electron chi connectivity index (χ1n) is 6.70. The SMILES string of the molecule is CC(C)(C)c1nc(-c2cncn2C2CC2)[nH]c(=O)c1I. The number of rotatable bonds is 2. The highest BCUT2D eigenvalue weighted by atomic mass is 127. The molecule has 0 aromatic carbocycles. The van der Waals surface area contributed by atoms with Crippen molar-refractivity contribution in [1.29, 1.82) is 0 Å². The number of hydrogen-bond acceptors (Lipinski definition) is 3. The molecule has 1 aliphatic rings. The van der Waals surface area contributed by atoms with Crippen LogP contribution in [0.4, 0.5) is 0 Å². The number of hydrogen-bond donors (Lipinski definition) is 1. The molecular weight excluding hydrogens is 367 g/mol. The zero-order valence-corrected chi connectivity index (χ0v) is 13.9. The summed E-state index contributed by atoms with van der Waals surface area (Å²) in [5.41, 5.74) is 1.49. The van der Waals surface area contributed by atoms with Crippen molar-refractivity contribution in [2.45, 2.75) is 45.1 Å². The molecule has 1 aliphatic carbocycles. The maximum Gasteiger partial charge on any atom is 0.264 e. The van der Waals surface area contributed by atoms with Gasteiger partial charge in [0.1, 0.15) is 9.26 Å². The zero-order chi connectivity index (χ0) is 14.5. The van der Waals surface area contributed by atoms with Gasteiger partial charge in [-0.1, -0.05) is 20.8 Å². The summed E-state index contributed by atoms with van der Waals surface area (Å²) >= 11 is 2.07. The van der Waals surface area contributed by atoms with E-state index in [0.717, 1.165) is 11.4 Å². The molecule has 5 nitrogen and oxygen atoms in total. The van der Waals surface area contributed by atoms with E-state index in [4.69, 9.17) is 4.98 Å².